The quantitative estimate of drug-likeness (QED) is 0.711. The van der Waals surface area contributed by atoms with Crippen molar-refractivity contribution in [2.24, 2.45) is 0 Å². The molecule has 0 aromatic heterocycles. The Morgan fingerprint density at radius 1 is 1.24 bits per heavy atom. The summed E-state index contributed by atoms with van der Waals surface area (Å²) in [4.78, 5) is 0. The molecular formula is C14H23NO2. The summed E-state index contributed by atoms with van der Waals surface area (Å²) in [6.07, 6.45) is 0.694. The Balaban J connectivity index is 2.42. The average Bonchev–Trinajstić information content (AvgIpc) is 2.29. The van der Waals surface area contributed by atoms with E-state index in [1.165, 1.54) is 5.56 Å². The number of hydrogen-bond acceptors (Lipinski definition) is 3. The molecular weight excluding hydrogens is 214 g/mol. The van der Waals surface area contributed by atoms with Crippen molar-refractivity contribution >= 4 is 0 Å². The lowest BCUT2D eigenvalue weighted by atomic mass is 9.92. The van der Waals surface area contributed by atoms with Gasteiger partial charge in [-0.05, 0) is 32.4 Å². The molecule has 3 nitrogen and oxygen atoms in total. The van der Waals surface area contributed by atoms with E-state index in [-0.39, 0.29) is 0 Å². The molecule has 0 heterocycles. The van der Waals surface area contributed by atoms with E-state index < -0.39 is 5.60 Å². The Kier molecular flexibility index (Phi) is 5.62. The van der Waals surface area contributed by atoms with Crippen LogP contribution in [-0.4, -0.2) is 31.9 Å². The molecule has 0 aliphatic heterocycles. The summed E-state index contributed by atoms with van der Waals surface area (Å²) in [5, 5.41) is 13.6. The molecule has 0 saturated heterocycles. The highest BCUT2D eigenvalue weighted by atomic mass is 16.5. The largest absolute Gasteiger partial charge is 0.385 e. The first-order chi connectivity index (χ1) is 8.06. The van der Waals surface area contributed by atoms with Crippen molar-refractivity contribution in [1.29, 1.82) is 0 Å². The summed E-state index contributed by atoms with van der Waals surface area (Å²) < 4.78 is 4.95. The van der Waals surface area contributed by atoms with Crippen molar-refractivity contribution in [3.63, 3.8) is 0 Å². The molecule has 0 bridgehead atoms. The topological polar surface area (TPSA) is 41.5 Å². The van der Waals surface area contributed by atoms with Crippen molar-refractivity contribution < 1.29 is 9.84 Å². The molecule has 0 saturated carbocycles. The minimum absolute atomic E-state index is 0.694. The number of hydrogen-bond donors (Lipinski definition) is 2. The molecule has 3 heteroatoms. The van der Waals surface area contributed by atoms with Gasteiger partial charge < -0.3 is 15.2 Å². The summed E-state index contributed by atoms with van der Waals surface area (Å²) in [6.45, 7) is 6.21. The highest BCUT2D eigenvalue weighted by Gasteiger charge is 2.21. The monoisotopic (exact) mass is 237 g/mol. The standard InChI is InChI=1S/C14H23NO2/c1-12-4-6-13(7-5-12)14(2,16)8-9-15-10-11-17-3/h4-7,15-16H,8-11H2,1-3H3. The van der Waals surface area contributed by atoms with Gasteiger partial charge in [-0.15, -0.1) is 0 Å². The second kappa shape index (κ2) is 6.74. The van der Waals surface area contributed by atoms with E-state index in [0.717, 1.165) is 18.7 Å². The Hall–Kier alpha value is -0.900. The maximum atomic E-state index is 10.4. The van der Waals surface area contributed by atoms with Crippen LogP contribution >= 0.6 is 0 Å². The Morgan fingerprint density at radius 2 is 1.88 bits per heavy atom. The third-order valence-electron chi connectivity index (χ3n) is 2.95. The molecule has 0 radical (unpaired) electrons. The average molecular weight is 237 g/mol. The number of rotatable bonds is 7. The van der Waals surface area contributed by atoms with E-state index in [1.54, 1.807) is 7.11 Å². The van der Waals surface area contributed by atoms with Gasteiger partial charge in [0.1, 0.15) is 0 Å². The van der Waals surface area contributed by atoms with Crippen molar-refractivity contribution in [2.75, 3.05) is 26.8 Å². The zero-order valence-electron chi connectivity index (χ0n) is 11.0. The fourth-order valence-electron chi connectivity index (χ4n) is 1.69. The van der Waals surface area contributed by atoms with E-state index >= 15 is 0 Å². The smallest absolute Gasteiger partial charge is 0.0880 e. The van der Waals surface area contributed by atoms with Crippen LogP contribution in [0.5, 0.6) is 0 Å². The van der Waals surface area contributed by atoms with Crippen molar-refractivity contribution in [3.8, 4) is 0 Å². The molecule has 96 valence electrons. The van der Waals surface area contributed by atoms with Crippen LogP contribution in [0.25, 0.3) is 0 Å². The predicted molar refractivity (Wildman–Crippen MR) is 70.1 cm³/mol. The van der Waals surface area contributed by atoms with Crippen molar-refractivity contribution in [1.82, 2.24) is 5.32 Å². The fraction of sp³-hybridized carbons (Fsp3) is 0.571. The second-order valence-corrected chi connectivity index (χ2v) is 4.63. The maximum absolute atomic E-state index is 10.4. The molecule has 1 unspecified atom stereocenters. The van der Waals surface area contributed by atoms with Crippen LogP contribution in [0.3, 0.4) is 0 Å². The zero-order valence-corrected chi connectivity index (χ0v) is 11.0. The zero-order chi connectivity index (χ0) is 12.7. The van der Waals surface area contributed by atoms with Gasteiger partial charge in [0.25, 0.3) is 0 Å². The van der Waals surface area contributed by atoms with Crippen LogP contribution in [0, 0.1) is 6.92 Å². The summed E-state index contributed by atoms with van der Waals surface area (Å²) in [7, 11) is 1.68. The molecule has 0 aliphatic carbocycles. The van der Waals surface area contributed by atoms with Crippen molar-refractivity contribution in [3.05, 3.63) is 35.4 Å². The highest BCUT2D eigenvalue weighted by Crippen LogP contribution is 2.23. The minimum Gasteiger partial charge on any atom is -0.385 e. The first-order valence-corrected chi connectivity index (χ1v) is 6.05. The summed E-state index contributed by atoms with van der Waals surface area (Å²) >= 11 is 0. The van der Waals surface area contributed by atoms with Crippen LogP contribution in [0.4, 0.5) is 0 Å². The van der Waals surface area contributed by atoms with E-state index in [0.29, 0.717) is 13.0 Å². The van der Waals surface area contributed by atoms with Crippen molar-refractivity contribution in [2.45, 2.75) is 25.9 Å². The van der Waals surface area contributed by atoms with Gasteiger partial charge in [0.15, 0.2) is 0 Å². The molecule has 0 fully saturated rings. The SMILES string of the molecule is COCCNCCC(C)(O)c1ccc(C)cc1. The normalized spacial score (nSPS) is 14.6. The van der Waals surface area contributed by atoms with Gasteiger partial charge in [0.05, 0.1) is 12.2 Å². The van der Waals surface area contributed by atoms with Gasteiger partial charge in [-0.1, -0.05) is 29.8 Å². The van der Waals surface area contributed by atoms with E-state index in [1.807, 2.05) is 38.1 Å². The Bertz CT molecular complexity index is 319. The number of benzene rings is 1. The second-order valence-electron chi connectivity index (χ2n) is 4.63. The van der Waals surface area contributed by atoms with Gasteiger partial charge in [0.2, 0.25) is 0 Å². The molecule has 0 spiro atoms. The van der Waals surface area contributed by atoms with Crippen LogP contribution in [0.2, 0.25) is 0 Å². The van der Waals surface area contributed by atoms with Gasteiger partial charge in [-0.2, -0.15) is 0 Å². The Labute approximate surface area is 104 Å². The first kappa shape index (κ1) is 14.2. The van der Waals surface area contributed by atoms with Crippen LogP contribution in [0.1, 0.15) is 24.5 Å². The molecule has 1 aromatic carbocycles. The molecule has 0 amide bonds. The molecule has 17 heavy (non-hydrogen) atoms. The van der Waals surface area contributed by atoms with Gasteiger partial charge in [0, 0.05) is 13.7 Å². The highest BCUT2D eigenvalue weighted by molar-refractivity contribution is 5.25. The van der Waals surface area contributed by atoms with Gasteiger partial charge >= 0.3 is 0 Å². The van der Waals surface area contributed by atoms with Gasteiger partial charge in [-0.25, -0.2) is 0 Å². The third-order valence-corrected chi connectivity index (χ3v) is 2.95. The number of ether oxygens (including phenoxy) is 1. The number of aliphatic hydroxyl groups is 1. The predicted octanol–water partition coefficient (Wildman–Crippen LogP) is 1.83. The molecule has 1 atom stereocenters. The summed E-state index contributed by atoms with van der Waals surface area (Å²) in [5.41, 5.74) is 1.41. The minimum atomic E-state index is -0.770. The number of nitrogens with one attached hydrogen (secondary N) is 1. The van der Waals surface area contributed by atoms with E-state index in [9.17, 15) is 5.11 Å². The molecule has 2 N–H and O–H groups in total. The summed E-state index contributed by atoms with van der Waals surface area (Å²) in [5.74, 6) is 0. The Morgan fingerprint density at radius 3 is 2.47 bits per heavy atom. The van der Waals surface area contributed by atoms with E-state index in [2.05, 4.69) is 5.32 Å². The molecule has 1 rings (SSSR count). The molecule has 1 aromatic rings. The fourth-order valence-corrected chi connectivity index (χ4v) is 1.69. The first-order valence-electron chi connectivity index (χ1n) is 6.05. The molecule has 0 aliphatic rings. The lowest BCUT2D eigenvalue weighted by Crippen LogP contribution is -2.29. The lowest BCUT2D eigenvalue weighted by molar-refractivity contribution is 0.0475. The number of aryl methyl sites for hydroxylation is 1. The van der Waals surface area contributed by atoms with Crippen LogP contribution in [0.15, 0.2) is 24.3 Å². The van der Waals surface area contributed by atoms with E-state index in [4.69, 9.17) is 4.74 Å². The van der Waals surface area contributed by atoms with Crippen LogP contribution < -0.4 is 5.32 Å². The number of methoxy groups -OCH3 is 1. The lowest BCUT2D eigenvalue weighted by Gasteiger charge is -2.24. The third kappa shape index (κ3) is 4.86. The summed E-state index contributed by atoms with van der Waals surface area (Å²) in [6, 6.07) is 8.04. The van der Waals surface area contributed by atoms with Gasteiger partial charge in [-0.3, -0.25) is 0 Å². The maximum Gasteiger partial charge on any atom is 0.0880 e. The van der Waals surface area contributed by atoms with Crippen LogP contribution in [-0.2, 0) is 10.3 Å².